The molecule has 128 valence electrons. The maximum absolute atomic E-state index is 5.76. The maximum atomic E-state index is 5.76. The SMILES string of the molecule is CCC/C=C/C1CCC(C2CCC(COCCC)CC2)CC1. The van der Waals surface area contributed by atoms with Gasteiger partial charge in [0.15, 0.2) is 0 Å². The van der Waals surface area contributed by atoms with Gasteiger partial charge in [-0.3, -0.25) is 0 Å². The second-order valence-corrected chi connectivity index (χ2v) is 7.75. The van der Waals surface area contributed by atoms with Crippen LogP contribution in [-0.4, -0.2) is 13.2 Å². The Hall–Kier alpha value is -0.300. The fourth-order valence-electron chi connectivity index (χ4n) is 4.48. The average molecular weight is 307 g/mol. The first kappa shape index (κ1) is 18.0. The lowest BCUT2D eigenvalue weighted by Crippen LogP contribution is -2.26. The molecule has 0 unspecified atom stereocenters. The van der Waals surface area contributed by atoms with Gasteiger partial charge in [-0.25, -0.2) is 0 Å². The van der Waals surface area contributed by atoms with Crippen LogP contribution in [0.3, 0.4) is 0 Å². The number of allylic oxidation sites excluding steroid dienone is 2. The molecule has 2 aliphatic carbocycles. The minimum Gasteiger partial charge on any atom is -0.381 e. The molecule has 2 fully saturated rings. The van der Waals surface area contributed by atoms with Crippen LogP contribution in [0.2, 0.25) is 0 Å². The smallest absolute Gasteiger partial charge is 0.0494 e. The number of hydrogen-bond donors (Lipinski definition) is 0. The van der Waals surface area contributed by atoms with Gasteiger partial charge in [0.1, 0.15) is 0 Å². The maximum Gasteiger partial charge on any atom is 0.0494 e. The third kappa shape index (κ3) is 6.07. The molecule has 0 bridgehead atoms. The second-order valence-electron chi connectivity index (χ2n) is 7.75. The van der Waals surface area contributed by atoms with E-state index < -0.39 is 0 Å². The molecule has 2 saturated carbocycles. The monoisotopic (exact) mass is 306 g/mol. The van der Waals surface area contributed by atoms with Crippen LogP contribution >= 0.6 is 0 Å². The molecule has 2 aliphatic rings. The van der Waals surface area contributed by atoms with Crippen molar-refractivity contribution in [2.24, 2.45) is 23.7 Å². The summed E-state index contributed by atoms with van der Waals surface area (Å²) in [6, 6.07) is 0. The summed E-state index contributed by atoms with van der Waals surface area (Å²) in [7, 11) is 0. The Morgan fingerprint density at radius 1 is 0.818 bits per heavy atom. The van der Waals surface area contributed by atoms with E-state index in [4.69, 9.17) is 4.74 Å². The van der Waals surface area contributed by atoms with Gasteiger partial charge in [0.05, 0.1) is 0 Å². The van der Waals surface area contributed by atoms with E-state index in [0.717, 1.165) is 43.3 Å². The molecule has 1 nitrogen and oxygen atoms in total. The fourth-order valence-corrected chi connectivity index (χ4v) is 4.48. The van der Waals surface area contributed by atoms with Crippen LogP contribution < -0.4 is 0 Å². The van der Waals surface area contributed by atoms with E-state index in [0.29, 0.717) is 0 Å². The molecule has 0 atom stereocenters. The number of ether oxygens (including phenoxy) is 1. The summed E-state index contributed by atoms with van der Waals surface area (Å²) in [5.41, 5.74) is 0. The Balaban J connectivity index is 1.62. The van der Waals surface area contributed by atoms with Gasteiger partial charge in [-0.15, -0.1) is 0 Å². The third-order valence-corrected chi connectivity index (χ3v) is 5.94. The van der Waals surface area contributed by atoms with Crippen LogP contribution in [0.5, 0.6) is 0 Å². The molecule has 0 heterocycles. The highest BCUT2D eigenvalue weighted by Crippen LogP contribution is 2.41. The zero-order valence-electron chi connectivity index (χ0n) is 15.1. The molecule has 2 rings (SSSR count). The van der Waals surface area contributed by atoms with Crippen molar-refractivity contribution in [3.05, 3.63) is 12.2 Å². The molecule has 0 amide bonds. The second kappa shape index (κ2) is 10.5. The van der Waals surface area contributed by atoms with Crippen molar-refractivity contribution in [1.82, 2.24) is 0 Å². The molecular formula is C21H38O. The van der Waals surface area contributed by atoms with Gasteiger partial charge in [-0.1, -0.05) is 32.4 Å². The summed E-state index contributed by atoms with van der Waals surface area (Å²) in [5.74, 6) is 3.81. The van der Waals surface area contributed by atoms with Crippen LogP contribution in [0.1, 0.15) is 84.5 Å². The summed E-state index contributed by atoms with van der Waals surface area (Å²) in [6.07, 6.45) is 20.3. The predicted molar refractivity (Wildman–Crippen MR) is 96.1 cm³/mol. The van der Waals surface area contributed by atoms with Gasteiger partial charge in [0.25, 0.3) is 0 Å². The first-order valence-electron chi connectivity index (χ1n) is 10.1. The van der Waals surface area contributed by atoms with Crippen molar-refractivity contribution in [3.8, 4) is 0 Å². The van der Waals surface area contributed by atoms with Crippen molar-refractivity contribution >= 4 is 0 Å². The first-order valence-corrected chi connectivity index (χ1v) is 10.1. The van der Waals surface area contributed by atoms with E-state index in [2.05, 4.69) is 26.0 Å². The molecule has 0 spiro atoms. The minimum atomic E-state index is 0.858. The summed E-state index contributed by atoms with van der Waals surface area (Å²) in [6.45, 7) is 6.45. The molecular weight excluding hydrogens is 268 g/mol. The third-order valence-electron chi connectivity index (χ3n) is 5.94. The highest BCUT2D eigenvalue weighted by molar-refractivity contribution is 4.92. The molecule has 0 aromatic heterocycles. The highest BCUT2D eigenvalue weighted by atomic mass is 16.5. The summed E-state index contributed by atoms with van der Waals surface area (Å²) in [5, 5.41) is 0. The lowest BCUT2D eigenvalue weighted by molar-refractivity contribution is 0.0662. The van der Waals surface area contributed by atoms with E-state index >= 15 is 0 Å². The highest BCUT2D eigenvalue weighted by Gasteiger charge is 2.30. The molecule has 0 aromatic rings. The summed E-state index contributed by atoms with van der Waals surface area (Å²) >= 11 is 0. The van der Waals surface area contributed by atoms with E-state index in [-0.39, 0.29) is 0 Å². The topological polar surface area (TPSA) is 9.23 Å². The molecule has 0 saturated heterocycles. The Morgan fingerprint density at radius 3 is 2.05 bits per heavy atom. The fraction of sp³-hybridized carbons (Fsp3) is 0.905. The lowest BCUT2D eigenvalue weighted by atomic mass is 9.69. The van der Waals surface area contributed by atoms with Gasteiger partial charge in [-0.05, 0) is 87.9 Å². The quantitative estimate of drug-likeness (QED) is 0.373. The van der Waals surface area contributed by atoms with E-state index in [1.807, 2.05) is 0 Å². The lowest BCUT2D eigenvalue weighted by Gasteiger charge is -2.37. The van der Waals surface area contributed by atoms with Gasteiger partial charge in [0, 0.05) is 13.2 Å². The zero-order chi connectivity index (χ0) is 15.6. The molecule has 0 aromatic carbocycles. The van der Waals surface area contributed by atoms with Crippen molar-refractivity contribution in [3.63, 3.8) is 0 Å². The van der Waals surface area contributed by atoms with Crippen molar-refractivity contribution in [1.29, 1.82) is 0 Å². The normalized spacial score (nSPS) is 33.4. The van der Waals surface area contributed by atoms with Crippen LogP contribution in [-0.2, 0) is 4.74 Å². The van der Waals surface area contributed by atoms with Gasteiger partial charge in [0.2, 0.25) is 0 Å². The summed E-state index contributed by atoms with van der Waals surface area (Å²) < 4.78 is 5.76. The predicted octanol–water partition coefficient (Wildman–Crippen LogP) is 6.38. The van der Waals surface area contributed by atoms with Gasteiger partial charge < -0.3 is 4.74 Å². The molecule has 0 radical (unpaired) electrons. The van der Waals surface area contributed by atoms with E-state index in [9.17, 15) is 0 Å². The van der Waals surface area contributed by atoms with E-state index in [1.165, 1.54) is 64.2 Å². The van der Waals surface area contributed by atoms with Crippen LogP contribution in [0.25, 0.3) is 0 Å². The molecule has 1 heteroatoms. The van der Waals surface area contributed by atoms with Crippen LogP contribution in [0.15, 0.2) is 12.2 Å². The van der Waals surface area contributed by atoms with Crippen molar-refractivity contribution in [2.45, 2.75) is 84.5 Å². The first-order chi connectivity index (χ1) is 10.8. The summed E-state index contributed by atoms with van der Waals surface area (Å²) in [4.78, 5) is 0. The largest absolute Gasteiger partial charge is 0.381 e. The Kier molecular flexibility index (Phi) is 8.59. The Bertz CT molecular complexity index is 293. The Morgan fingerprint density at radius 2 is 1.45 bits per heavy atom. The number of unbranched alkanes of at least 4 members (excludes halogenated alkanes) is 1. The molecule has 0 N–H and O–H groups in total. The minimum absolute atomic E-state index is 0.858. The van der Waals surface area contributed by atoms with Crippen LogP contribution in [0, 0.1) is 23.7 Å². The Labute approximate surface area is 138 Å². The van der Waals surface area contributed by atoms with Crippen molar-refractivity contribution in [2.75, 3.05) is 13.2 Å². The van der Waals surface area contributed by atoms with Gasteiger partial charge >= 0.3 is 0 Å². The molecule has 0 aliphatic heterocycles. The number of hydrogen-bond acceptors (Lipinski definition) is 1. The zero-order valence-corrected chi connectivity index (χ0v) is 15.1. The average Bonchev–Trinajstić information content (AvgIpc) is 2.57. The number of rotatable bonds is 8. The van der Waals surface area contributed by atoms with Crippen molar-refractivity contribution < 1.29 is 4.74 Å². The van der Waals surface area contributed by atoms with Gasteiger partial charge in [-0.2, -0.15) is 0 Å². The van der Waals surface area contributed by atoms with E-state index in [1.54, 1.807) is 0 Å². The standard InChI is InChI=1S/C21H38O/c1-3-5-6-7-18-8-12-20(13-9-18)21-14-10-19(11-15-21)17-22-16-4-2/h6-7,18-21H,3-5,8-17H2,1-2H3/b7-6+. The van der Waals surface area contributed by atoms with Crippen LogP contribution in [0.4, 0.5) is 0 Å². The molecule has 22 heavy (non-hydrogen) atoms.